The van der Waals surface area contributed by atoms with Gasteiger partial charge in [-0.3, -0.25) is 15.0 Å². The Bertz CT molecular complexity index is 1100. The molecule has 0 spiro atoms. The van der Waals surface area contributed by atoms with Gasteiger partial charge in [0.2, 0.25) is 11.8 Å². The molecule has 1 atom stereocenters. The number of amidine groups is 1. The molecule has 8 nitrogen and oxygen atoms in total. The van der Waals surface area contributed by atoms with Crippen LogP contribution in [-0.4, -0.2) is 31.6 Å². The lowest BCUT2D eigenvalue weighted by atomic mass is 10.1. The zero-order valence-corrected chi connectivity index (χ0v) is 17.0. The van der Waals surface area contributed by atoms with Crippen LogP contribution in [0, 0.1) is 5.41 Å². The van der Waals surface area contributed by atoms with E-state index in [0.29, 0.717) is 11.3 Å². The lowest BCUT2D eigenvalue weighted by Crippen LogP contribution is -2.30. The summed E-state index contributed by atoms with van der Waals surface area (Å²) in [7, 11) is -5.52. The topological polar surface area (TPSA) is 142 Å². The van der Waals surface area contributed by atoms with Gasteiger partial charge in [0.15, 0.2) is 0 Å². The molecule has 2 amide bonds. The number of amides is 2. The molecule has 0 aromatic heterocycles. The zero-order chi connectivity index (χ0) is 23.4. The highest BCUT2D eigenvalue weighted by molar-refractivity contribution is 7.92. The van der Waals surface area contributed by atoms with Crippen LogP contribution in [0.25, 0.3) is 0 Å². The Morgan fingerprint density at radius 2 is 1.71 bits per heavy atom. The van der Waals surface area contributed by atoms with Crippen molar-refractivity contribution < 1.29 is 31.2 Å². The molecule has 0 saturated carbocycles. The highest BCUT2D eigenvalue weighted by Gasteiger charge is 2.46. The first-order valence-electron chi connectivity index (χ1n) is 8.76. The van der Waals surface area contributed by atoms with Gasteiger partial charge in [-0.25, -0.2) is 8.42 Å². The van der Waals surface area contributed by atoms with E-state index in [1.54, 1.807) is 0 Å². The fraction of sp³-hybridized carbons (Fsp3) is 0.211. The van der Waals surface area contributed by atoms with E-state index in [4.69, 9.17) is 11.1 Å². The summed E-state index contributed by atoms with van der Waals surface area (Å²) in [5.41, 5.74) is 0.845. The number of hydrogen-bond donors (Lipinski definition) is 4. The lowest BCUT2D eigenvalue weighted by molar-refractivity contribution is -0.127. The second-order valence-corrected chi connectivity index (χ2v) is 8.47. The second-order valence-electron chi connectivity index (χ2n) is 6.53. The number of carbonyl (C=O) groups excluding carboxylic acids is 2. The first kappa shape index (κ1) is 23.9. The number of rotatable bonds is 7. The Hall–Kier alpha value is -3.41. The average Bonchev–Trinajstić information content (AvgIpc) is 2.67. The number of carbonyl (C=O) groups is 2. The molecule has 0 aliphatic heterocycles. The molecule has 31 heavy (non-hydrogen) atoms. The third kappa shape index (κ3) is 6.04. The smallest absolute Gasteiger partial charge is 0.384 e. The molecule has 2 aromatic rings. The van der Waals surface area contributed by atoms with E-state index in [2.05, 4.69) is 10.6 Å². The van der Waals surface area contributed by atoms with Gasteiger partial charge in [0.1, 0.15) is 12.3 Å². The Morgan fingerprint density at radius 1 is 1.10 bits per heavy atom. The minimum Gasteiger partial charge on any atom is -0.384 e. The van der Waals surface area contributed by atoms with Crippen molar-refractivity contribution in [3.63, 3.8) is 0 Å². The first-order valence-corrected chi connectivity index (χ1v) is 10.2. The van der Waals surface area contributed by atoms with E-state index in [0.717, 1.165) is 18.2 Å². The standard InChI is InChI=1S/C19H19F3N4O4S/c1-11(13-3-2-4-15(9-13)31(29,30)19(20,21)22)25-16(27)10-17(28)26-14-7-5-12(6-8-14)18(23)24/h2-9,11H,10H2,1H3,(H3,23,24)(H,25,27)(H,26,28)/t11-/m0/s1. The molecule has 0 saturated heterocycles. The molecule has 0 radical (unpaired) electrons. The van der Waals surface area contributed by atoms with Crippen molar-refractivity contribution in [2.24, 2.45) is 5.73 Å². The van der Waals surface area contributed by atoms with Crippen LogP contribution in [0.5, 0.6) is 0 Å². The summed E-state index contributed by atoms with van der Waals surface area (Å²) in [5, 5.41) is 12.2. The number of hydrogen-bond acceptors (Lipinski definition) is 5. The van der Waals surface area contributed by atoms with Crippen molar-refractivity contribution >= 4 is 33.2 Å². The number of anilines is 1. The van der Waals surface area contributed by atoms with Gasteiger partial charge in [-0.05, 0) is 48.9 Å². The number of nitrogens with two attached hydrogens (primary N) is 1. The second kappa shape index (κ2) is 9.16. The maximum Gasteiger partial charge on any atom is 0.501 e. The lowest BCUT2D eigenvalue weighted by Gasteiger charge is -2.16. The van der Waals surface area contributed by atoms with Crippen LogP contribution >= 0.6 is 0 Å². The maximum absolute atomic E-state index is 12.7. The minimum atomic E-state index is -5.52. The van der Waals surface area contributed by atoms with Crippen LogP contribution in [-0.2, 0) is 19.4 Å². The van der Waals surface area contributed by atoms with Gasteiger partial charge in [0, 0.05) is 11.3 Å². The van der Waals surface area contributed by atoms with E-state index in [-0.39, 0.29) is 11.4 Å². The number of halogens is 3. The highest BCUT2D eigenvalue weighted by Crippen LogP contribution is 2.31. The number of nitrogen functional groups attached to an aromatic ring is 1. The average molecular weight is 456 g/mol. The third-order valence-electron chi connectivity index (χ3n) is 4.15. The van der Waals surface area contributed by atoms with Crippen LogP contribution in [0.1, 0.15) is 30.5 Å². The third-order valence-corrected chi connectivity index (χ3v) is 5.64. The Balaban J connectivity index is 2.00. The summed E-state index contributed by atoms with van der Waals surface area (Å²) in [6.07, 6.45) is -0.570. The molecule has 0 fully saturated rings. The predicted octanol–water partition coefficient (Wildman–Crippen LogP) is 2.47. The molecule has 5 N–H and O–H groups in total. The van der Waals surface area contributed by atoms with Gasteiger partial charge in [-0.2, -0.15) is 13.2 Å². The minimum absolute atomic E-state index is 0.124. The summed E-state index contributed by atoms with van der Waals surface area (Å²) in [6.45, 7) is 1.44. The maximum atomic E-state index is 12.7. The fourth-order valence-electron chi connectivity index (χ4n) is 2.54. The summed E-state index contributed by atoms with van der Waals surface area (Å²) in [5.74, 6) is -1.50. The molecule has 12 heteroatoms. The van der Waals surface area contributed by atoms with Gasteiger partial charge < -0.3 is 16.4 Å². The molecule has 2 aromatic carbocycles. The highest BCUT2D eigenvalue weighted by atomic mass is 32.2. The quantitative estimate of drug-likeness (QED) is 0.288. The van der Waals surface area contributed by atoms with Gasteiger partial charge in [0.25, 0.3) is 9.84 Å². The molecule has 2 rings (SSSR count). The number of benzene rings is 2. The van der Waals surface area contributed by atoms with Crippen molar-refractivity contribution in [1.82, 2.24) is 5.32 Å². The van der Waals surface area contributed by atoms with E-state index in [1.165, 1.54) is 37.3 Å². The molecule has 0 heterocycles. The SMILES string of the molecule is C[C@H](NC(=O)CC(=O)Nc1ccc(C(=N)N)cc1)c1cccc(S(=O)(=O)C(F)(F)F)c1. The molecule has 0 unspecified atom stereocenters. The Labute approximate surface area is 176 Å². The van der Waals surface area contributed by atoms with Crippen LogP contribution in [0.4, 0.5) is 18.9 Å². The van der Waals surface area contributed by atoms with Gasteiger partial charge >= 0.3 is 5.51 Å². The molecular formula is C19H19F3N4O4S. The summed E-state index contributed by atoms with van der Waals surface area (Å²) < 4.78 is 61.3. The van der Waals surface area contributed by atoms with Crippen LogP contribution in [0.2, 0.25) is 0 Å². The summed E-state index contributed by atoms with van der Waals surface area (Å²) >= 11 is 0. The largest absolute Gasteiger partial charge is 0.501 e. The number of sulfone groups is 1. The van der Waals surface area contributed by atoms with Crippen LogP contribution in [0.3, 0.4) is 0 Å². The first-order chi connectivity index (χ1) is 14.3. The van der Waals surface area contributed by atoms with Crippen LogP contribution < -0.4 is 16.4 Å². The summed E-state index contributed by atoms with van der Waals surface area (Å²) in [4.78, 5) is 23.2. The van der Waals surface area contributed by atoms with Gasteiger partial charge in [-0.15, -0.1) is 0 Å². The number of alkyl halides is 3. The van der Waals surface area contributed by atoms with E-state index in [9.17, 15) is 31.2 Å². The van der Waals surface area contributed by atoms with Gasteiger partial charge in [-0.1, -0.05) is 12.1 Å². The molecule has 0 aliphatic rings. The number of nitrogens with one attached hydrogen (secondary N) is 3. The van der Waals surface area contributed by atoms with Crippen molar-refractivity contribution in [3.05, 3.63) is 59.7 Å². The zero-order valence-electron chi connectivity index (χ0n) is 16.2. The van der Waals surface area contributed by atoms with E-state index < -0.39 is 44.5 Å². The van der Waals surface area contributed by atoms with Crippen molar-refractivity contribution in [3.8, 4) is 0 Å². The monoisotopic (exact) mass is 456 g/mol. The molecule has 0 aliphatic carbocycles. The normalized spacial score (nSPS) is 12.6. The molecule has 166 valence electrons. The predicted molar refractivity (Wildman–Crippen MR) is 107 cm³/mol. The summed E-state index contributed by atoms with van der Waals surface area (Å²) in [6, 6.07) is 9.31. The van der Waals surface area contributed by atoms with E-state index >= 15 is 0 Å². The fourth-order valence-corrected chi connectivity index (χ4v) is 3.36. The van der Waals surface area contributed by atoms with Gasteiger partial charge in [0.05, 0.1) is 10.9 Å². The van der Waals surface area contributed by atoms with Crippen molar-refractivity contribution in [2.45, 2.75) is 29.8 Å². The van der Waals surface area contributed by atoms with E-state index in [1.807, 2.05) is 0 Å². The van der Waals surface area contributed by atoms with Crippen molar-refractivity contribution in [1.29, 1.82) is 5.41 Å². The molecular weight excluding hydrogens is 437 g/mol. The van der Waals surface area contributed by atoms with Crippen molar-refractivity contribution in [2.75, 3.05) is 5.32 Å². The Morgan fingerprint density at radius 3 is 2.26 bits per heavy atom. The Kier molecular flexibility index (Phi) is 7.05. The molecule has 0 bridgehead atoms. The van der Waals surface area contributed by atoms with Crippen LogP contribution in [0.15, 0.2) is 53.4 Å².